The van der Waals surface area contributed by atoms with E-state index < -0.39 is 16.9 Å². The van der Waals surface area contributed by atoms with E-state index >= 15 is 0 Å². The van der Waals surface area contributed by atoms with E-state index in [1.54, 1.807) is 6.92 Å². The van der Waals surface area contributed by atoms with Crippen LogP contribution in [0.2, 0.25) is 0 Å². The van der Waals surface area contributed by atoms with Gasteiger partial charge in [-0.05, 0) is 6.92 Å². The van der Waals surface area contributed by atoms with Crippen LogP contribution >= 0.6 is 11.3 Å². The maximum atomic E-state index is 12.3. The molecule has 0 radical (unpaired) electrons. The van der Waals surface area contributed by atoms with E-state index in [0.717, 1.165) is 10.8 Å². The molecule has 0 saturated carbocycles. The second-order valence-electron chi connectivity index (χ2n) is 3.44. The highest BCUT2D eigenvalue weighted by molar-refractivity contribution is 7.11. The molecule has 9 heteroatoms. The van der Waals surface area contributed by atoms with Crippen LogP contribution in [0, 0.1) is 6.92 Å². The monoisotopic (exact) mass is 276 g/mol. The van der Waals surface area contributed by atoms with Crippen LogP contribution in [-0.4, -0.2) is 19.5 Å². The summed E-state index contributed by atoms with van der Waals surface area (Å²) in [7, 11) is 0. The molecule has 0 amide bonds. The van der Waals surface area contributed by atoms with Crippen molar-refractivity contribution in [2.24, 2.45) is 0 Å². The lowest BCUT2D eigenvalue weighted by Crippen LogP contribution is -2.24. The van der Waals surface area contributed by atoms with Gasteiger partial charge in [-0.1, -0.05) is 0 Å². The van der Waals surface area contributed by atoms with Gasteiger partial charge in [0.1, 0.15) is 12.2 Å². The SMILES string of the molecule is Cc1ncn(Cc2cnc(C(F)(F)F)s2)c(=O)n1. The van der Waals surface area contributed by atoms with Crippen molar-refractivity contribution in [1.29, 1.82) is 0 Å². The van der Waals surface area contributed by atoms with E-state index in [-0.39, 0.29) is 6.54 Å². The number of nitrogens with zero attached hydrogens (tertiary/aromatic N) is 4. The number of alkyl halides is 3. The van der Waals surface area contributed by atoms with Gasteiger partial charge in [-0.2, -0.15) is 18.2 Å². The van der Waals surface area contributed by atoms with Crippen LogP contribution < -0.4 is 5.69 Å². The van der Waals surface area contributed by atoms with E-state index in [0.29, 0.717) is 22.0 Å². The fourth-order valence-corrected chi connectivity index (χ4v) is 2.00. The Kier molecular flexibility index (Phi) is 3.16. The van der Waals surface area contributed by atoms with Crippen LogP contribution in [0.15, 0.2) is 17.3 Å². The van der Waals surface area contributed by atoms with E-state index in [9.17, 15) is 18.0 Å². The molecule has 0 unspecified atom stereocenters. The van der Waals surface area contributed by atoms with Gasteiger partial charge in [0.15, 0.2) is 5.01 Å². The molecule has 2 rings (SSSR count). The Hall–Kier alpha value is -1.77. The zero-order valence-electron chi connectivity index (χ0n) is 9.10. The number of aryl methyl sites for hydroxylation is 1. The highest BCUT2D eigenvalue weighted by atomic mass is 32.1. The lowest BCUT2D eigenvalue weighted by molar-refractivity contribution is -0.137. The molecular formula is C9H7F3N4OS. The van der Waals surface area contributed by atoms with Crippen LogP contribution in [0.5, 0.6) is 0 Å². The molecule has 0 bridgehead atoms. The minimum absolute atomic E-state index is 0.0210. The first kappa shape index (κ1) is 12.7. The van der Waals surface area contributed by atoms with Gasteiger partial charge in [0.25, 0.3) is 0 Å². The molecule has 0 fully saturated rings. The van der Waals surface area contributed by atoms with Gasteiger partial charge in [0, 0.05) is 11.1 Å². The second kappa shape index (κ2) is 4.48. The van der Waals surface area contributed by atoms with Crippen molar-refractivity contribution >= 4 is 11.3 Å². The maximum Gasteiger partial charge on any atom is 0.443 e. The Morgan fingerprint density at radius 2 is 2.11 bits per heavy atom. The fourth-order valence-electron chi connectivity index (χ4n) is 1.22. The first-order chi connectivity index (χ1) is 8.36. The van der Waals surface area contributed by atoms with Crippen molar-refractivity contribution in [3.05, 3.63) is 38.7 Å². The van der Waals surface area contributed by atoms with Crippen molar-refractivity contribution in [2.75, 3.05) is 0 Å². The Morgan fingerprint density at radius 3 is 2.67 bits per heavy atom. The van der Waals surface area contributed by atoms with Crippen molar-refractivity contribution < 1.29 is 13.2 Å². The Balaban J connectivity index is 2.24. The summed E-state index contributed by atoms with van der Waals surface area (Å²) in [4.78, 5) is 22.4. The number of hydrogen-bond donors (Lipinski definition) is 0. The minimum atomic E-state index is -4.46. The van der Waals surface area contributed by atoms with E-state index in [1.807, 2.05) is 0 Å². The predicted octanol–water partition coefficient (Wildman–Crippen LogP) is 1.47. The molecule has 0 aromatic carbocycles. The average molecular weight is 276 g/mol. The summed E-state index contributed by atoms with van der Waals surface area (Å²) in [6.45, 7) is 1.53. The molecule has 96 valence electrons. The maximum absolute atomic E-state index is 12.3. The van der Waals surface area contributed by atoms with Crippen LogP contribution in [0.4, 0.5) is 13.2 Å². The summed E-state index contributed by atoms with van der Waals surface area (Å²) in [5.41, 5.74) is -0.551. The molecule has 0 N–H and O–H groups in total. The summed E-state index contributed by atoms with van der Waals surface area (Å²) in [6.07, 6.45) is -2.12. The van der Waals surface area contributed by atoms with Crippen LogP contribution in [0.3, 0.4) is 0 Å². The topological polar surface area (TPSA) is 60.7 Å². The predicted molar refractivity (Wildman–Crippen MR) is 57.2 cm³/mol. The summed E-state index contributed by atoms with van der Waals surface area (Å²) < 4.78 is 38.1. The van der Waals surface area contributed by atoms with E-state index in [2.05, 4.69) is 15.0 Å². The van der Waals surface area contributed by atoms with Gasteiger partial charge in [0.05, 0.1) is 6.54 Å². The average Bonchev–Trinajstić information content (AvgIpc) is 2.70. The molecule has 2 aromatic rings. The fraction of sp³-hybridized carbons (Fsp3) is 0.333. The van der Waals surface area contributed by atoms with Gasteiger partial charge < -0.3 is 0 Å². The molecule has 18 heavy (non-hydrogen) atoms. The smallest absolute Gasteiger partial charge is 0.277 e. The van der Waals surface area contributed by atoms with Crippen molar-refractivity contribution in [2.45, 2.75) is 19.6 Å². The zero-order valence-corrected chi connectivity index (χ0v) is 9.92. The molecule has 0 aliphatic heterocycles. The summed E-state index contributed by atoms with van der Waals surface area (Å²) in [5, 5.41) is -0.932. The van der Waals surface area contributed by atoms with Gasteiger partial charge in [0.2, 0.25) is 0 Å². The normalized spacial score (nSPS) is 11.8. The van der Waals surface area contributed by atoms with E-state index in [1.165, 1.54) is 6.33 Å². The number of thiazole rings is 1. The molecule has 0 spiro atoms. The second-order valence-corrected chi connectivity index (χ2v) is 4.56. The molecule has 0 aliphatic carbocycles. The van der Waals surface area contributed by atoms with Gasteiger partial charge in [-0.15, -0.1) is 11.3 Å². The number of rotatable bonds is 2. The third kappa shape index (κ3) is 2.73. The van der Waals surface area contributed by atoms with Gasteiger partial charge in [-0.3, -0.25) is 4.57 Å². The minimum Gasteiger partial charge on any atom is -0.277 e. The van der Waals surface area contributed by atoms with Gasteiger partial charge in [-0.25, -0.2) is 14.8 Å². The molecule has 2 heterocycles. The largest absolute Gasteiger partial charge is 0.443 e. The van der Waals surface area contributed by atoms with E-state index in [4.69, 9.17) is 0 Å². The zero-order chi connectivity index (χ0) is 13.3. The van der Waals surface area contributed by atoms with Crippen molar-refractivity contribution in [1.82, 2.24) is 19.5 Å². The number of aromatic nitrogens is 4. The highest BCUT2D eigenvalue weighted by Crippen LogP contribution is 2.32. The first-order valence-electron chi connectivity index (χ1n) is 4.78. The van der Waals surface area contributed by atoms with Crippen LogP contribution in [-0.2, 0) is 12.7 Å². The summed E-state index contributed by atoms with van der Waals surface area (Å²) in [5.74, 6) is 0.316. The lowest BCUT2D eigenvalue weighted by atomic mass is 10.5. The Labute approximate surface area is 103 Å². The Morgan fingerprint density at radius 1 is 1.39 bits per heavy atom. The molecule has 0 aliphatic rings. The lowest BCUT2D eigenvalue weighted by Gasteiger charge is -2.01. The van der Waals surface area contributed by atoms with Crippen molar-refractivity contribution in [3.8, 4) is 0 Å². The van der Waals surface area contributed by atoms with Crippen molar-refractivity contribution in [3.63, 3.8) is 0 Å². The third-order valence-electron chi connectivity index (χ3n) is 2.01. The third-order valence-corrected chi connectivity index (χ3v) is 3.04. The molecular weight excluding hydrogens is 269 g/mol. The van der Waals surface area contributed by atoms with Crippen LogP contribution in [0.25, 0.3) is 0 Å². The number of halogens is 3. The molecule has 0 atom stereocenters. The standard InChI is InChI=1S/C9H7F3N4OS/c1-5-14-4-16(8(17)15-5)3-6-2-13-7(18-6)9(10,11)12/h2,4H,3H2,1H3. The van der Waals surface area contributed by atoms with Crippen LogP contribution in [0.1, 0.15) is 15.7 Å². The summed E-state index contributed by atoms with van der Waals surface area (Å²) >= 11 is 0.496. The summed E-state index contributed by atoms with van der Waals surface area (Å²) in [6, 6.07) is 0. The highest BCUT2D eigenvalue weighted by Gasteiger charge is 2.34. The molecule has 0 saturated heterocycles. The van der Waals surface area contributed by atoms with Gasteiger partial charge >= 0.3 is 11.9 Å². The molecule has 5 nitrogen and oxygen atoms in total. The first-order valence-corrected chi connectivity index (χ1v) is 5.60. The quantitative estimate of drug-likeness (QED) is 0.833. The number of hydrogen-bond acceptors (Lipinski definition) is 5. The Bertz CT molecular complexity index is 619. The molecule has 2 aromatic heterocycles.